The highest BCUT2D eigenvalue weighted by atomic mass is 16.8. The summed E-state index contributed by atoms with van der Waals surface area (Å²) >= 11 is 0. The Hall–Kier alpha value is -1.90. The molecule has 5 heterocycles. The molecule has 0 bridgehead atoms. The van der Waals surface area contributed by atoms with Crippen molar-refractivity contribution in [1.82, 2.24) is 5.32 Å². The zero-order valence-corrected chi connectivity index (χ0v) is 35.0. The molecule has 25 heteroatoms. The Bertz CT molecular complexity index is 1430. The maximum Gasteiger partial charge on any atom is 0.303 e. The third-order valence-electron chi connectivity index (χ3n) is 11.4. The second-order valence-electron chi connectivity index (χ2n) is 16.1. The van der Waals surface area contributed by atoms with E-state index in [2.05, 4.69) is 5.32 Å². The molecule has 0 radical (unpaired) electrons. The van der Waals surface area contributed by atoms with Crippen molar-refractivity contribution in [3.8, 4) is 0 Å². The van der Waals surface area contributed by atoms with Crippen LogP contribution in [-0.2, 0) is 61.7 Å². The molecule has 5 rings (SSSR count). The fraction of sp³-hybridized carbons (Fsp3) is 0.946. The average molecular weight is 906 g/mol. The highest BCUT2D eigenvalue weighted by molar-refractivity contribution is 5.73. The van der Waals surface area contributed by atoms with Crippen LogP contribution in [0.3, 0.4) is 0 Å². The lowest BCUT2D eigenvalue weighted by Crippen LogP contribution is -2.70. The molecule has 0 saturated carbocycles. The maximum absolute atomic E-state index is 12.8. The van der Waals surface area contributed by atoms with Gasteiger partial charge in [0, 0.05) is 20.5 Å². The van der Waals surface area contributed by atoms with Crippen molar-refractivity contribution in [3.05, 3.63) is 0 Å². The molecule has 10 unspecified atom stereocenters. The summed E-state index contributed by atoms with van der Waals surface area (Å²) in [5, 5.41) is 122. The number of aliphatic hydroxyl groups excluding tert-OH is 11. The van der Waals surface area contributed by atoms with E-state index >= 15 is 0 Å². The number of rotatable bonds is 15. The average Bonchev–Trinajstić information content (AvgIpc) is 3.22. The summed E-state index contributed by atoms with van der Waals surface area (Å²) in [5.41, 5.74) is 0. The topological polar surface area (TPSA) is 370 Å². The number of hydrogen-bond acceptors (Lipinski definition) is 24. The van der Waals surface area contributed by atoms with E-state index in [1.54, 1.807) is 6.92 Å². The fourth-order valence-electron chi connectivity index (χ4n) is 7.87. The quantitative estimate of drug-likeness (QED) is 0.0680. The number of esters is 1. The molecule has 25 nitrogen and oxygen atoms in total. The molecule has 25 atom stereocenters. The van der Waals surface area contributed by atoms with Gasteiger partial charge in [0.25, 0.3) is 0 Å². The zero-order valence-electron chi connectivity index (χ0n) is 35.0. The SMILES string of the molecule is CCCO[C@@H]1OC(C)[C@H](O)[C@H](O)C1O[C@@H]1OC(C)[C@H](O)[C@H](O[C@H]2O[C@@H](CO)[C@@H](O)C(O)C2O)C1O[C@@H]1OC(CO)[C@@H](O)C(O[C@@H]2OC(C)[C@H](O)[C@H](O)C2OC(C)=O)[C@@H]1NC(C)=O. The summed E-state index contributed by atoms with van der Waals surface area (Å²) in [4.78, 5) is 24.9. The smallest absolute Gasteiger partial charge is 0.303 e. The van der Waals surface area contributed by atoms with Crippen molar-refractivity contribution in [2.24, 2.45) is 0 Å². The van der Waals surface area contributed by atoms with E-state index in [1.807, 2.05) is 0 Å². The summed E-state index contributed by atoms with van der Waals surface area (Å²) in [6.07, 6.45) is -39.1. The first-order chi connectivity index (χ1) is 29.2. The fourth-order valence-corrected chi connectivity index (χ4v) is 7.87. The van der Waals surface area contributed by atoms with Crippen molar-refractivity contribution in [1.29, 1.82) is 0 Å². The molecular weight excluding hydrogens is 842 g/mol. The minimum absolute atomic E-state index is 0.113. The van der Waals surface area contributed by atoms with Crippen molar-refractivity contribution in [2.45, 2.75) is 201 Å². The van der Waals surface area contributed by atoms with E-state index in [9.17, 15) is 65.8 Å². The van der Waals surface area contributed by atoms with Crippen LogP contribution in [0.2, 0.25) is 0 Å². The van der Waals surface area contributed by atoms with Gasteiger partial charge in [-0.05, 0) is 27.2 Å². The minimum atomic E-state index is -2.00. The van der Waals surface area contributed by atoms with Crippen LogP contribution in [0.4, 0.5) is 0 Å². The molecule has 0 aromatic rings. The predicted octanol–water partition coefficient (Wildman–Crippen LogP) is -6.69. The van der Waals surface area contributed by atoms with Gasteiger partial charge in [-0.2, -0.15) is 0 Å². The number of hydrogen-bond donors (Lipinski definition) is 12. The molecule has 62 heavy (non-hydrogen) atoms. The van der Waals surface area contributed by atoms with Crippen molar-refractivity contribution in [2.75, 3.05) is 19.8 Å². The number of ether oxygens (including phenoxy) is 11. The molecule has 5 aliphatic rings. The lowest BCUT2D eigenvalue weighted by Gasteiger charge is -2.51. The summed E-state index contributed by atoms with van der Waals surface area (Å²) < 4.78 is 65.1. The van der Waals surface area contributed by atoms with E-state index < -0.39 is 179 Å². The first-order valence-corrected chi connectivity index (χ1v) is 20.5. The summed E-state index contributed by atoms with van der Waals surface area (Å²) in [6, 6.07) is -1.65. The molecule has 12 N–H and O–H groups in total. The molecule has 5 saturated heterocycles. The molecule has 0 spiro atoms. The van der Waals surface area contributed by atoms with Crippen LogP contribution in [0, 0.1) is 0 Å². The van der Waals surface area contributed by atoms with E-state index in [0.29, 0.717) is 6.42 Å². The Morgan fingerprint density at radius 1 is 0.500 bits per heavy atom. The third-order valence-corrected chi connectivity index (χ3v) is 11.4. The summed E-state index contributed by atoms with van der Waals surface area (Å²) in [7, 11) is 0. The van der Waals surface area contributed by atoms with Crippen LogP contribution >= 0.6 is 0 Å². The predicted molar refractivity (Wildman–Crippen MR) is 197 cm³/mol. The number of nitrogens with one attached hydrogen (secondary N) is 1. The normalized spacial score (nSPS) is 49.0. The van der Waals surface area contributed by atoms with Crippen molar-refractivity contribution >= 4 is 11.9 Å². The highest BCUT2D eigenvalue weighted by Crippen LogP contribution is 2.37. The van der Waals surface area contributed by atoms with E-state index in [-0.39, 0.29) is 6.61 Å². The Kier molecular flexibility index (Phi) is 18.2. The van der Waals surface area contributed by atoms with Crippen LogP contribution < -0.4 is 5.32 Å². The van der Waals surface area contributed by atoms with Crippen LogP contribution in [-0.4, -0.2) is 241 Å². The first-order valence-electron chi connectivity index (χ1n) is 20.5. The Morgan fingerprint density at radius 2 is 0.984 bits per heavy atom. The summed E-state index contributed by atoms with van der Waals surface area (Å²) in [5.74, 6) is -1.68. The van der Waals surface area contributed by atoms with Gasteiger partial charge >= 0.3 is 5.97 Å². The van der Waals surface area contributed by atoms with E-state index in [0.717, 1.165) is 13.8 Å². The molecule has 0 aliphatic carbocycles. The Balaban J connectivity index is 1.57. The lowest BCUT2D eigenvalue weighted by molar-refractivity contribution is -0.405. The van der Waals surface area contributed by atoms with Gasteiger partial charge in [-0.1, -0.05) is 6.92 Å². The van der Waals surface area contributed by atoms with Crippen LogP contribution in [0.1, 0.15) is 48.0 Å². The molecule has 1 amide bonds. The number of aliphatic hydroxyl groups is 11. The molecule has 0 aromatic heterocycles. The molecule has 5 aliphatic heterocycles. The van der Waals surface area contributed by atoms with Gasteiger partial charge in [0.1, 0.15) is 97.6 Å². The van der Waals surface area contributed by atoms with Crippen molar-refractivity contribution < 1.29 is 118 Å². The second-order valence-corrected chi connectivity index (χ2v) is 16.1. The lowest BCUT2D eigenvalue weighted by atomic mass is 9.94. The van der Waals surface area contributed by atoms with Gasteiger partial charge in [0.15, 0.2) is 37.6 Å². The van der Waals surface area contributed by atoms with Crippen LogP contribution in [0.5, 0.6) is 0 Å². The second kappa shape index (κ2) is 22.1. The highest BCUT2D eigenvalue weighted by Gasteiger charge is 2.58. The molecular formula is C37H63NO24. The van der Waals surface area contributed by atoms with Gasteiger partial charge in [-0.15, -0.1) is 0 Å². The third kappa shape index (κ3) is 11.2. The van der Waals surface area contributed by atoms with E-state index in [4.69, 9.17) is 52.1 Å². The molecule has 5 fully saturated rings. The van der Waals surface area contributed by atoms with Crippen LogP contribution in [0.15, 0.2) is 0 Å². The number of amides is 1. The van der Waals surface area contributed by atoms with Gasteiger partial charge < -0.3 is 114 Å². The van der Waals surface area contributed by atoms with Crippen LogP contribution in [0.25, 0.3) is 0 Å². The van der Waals surface area contributed by atoms with Gasteiger partial charge in [-0.3, -0.25) is 9.59 Å². The standard InChI is InChI=1S/C37H63NO24/c1-7-8-52-35-30(25(49)19(43)11(2)53-35)61-37-32(29(21(45)13(4)55-37)60-34-27(51)24(48)22(46)16(9-39)58-34)62-33-18(38-14(5)41)28(23(47)17(10-40)57-33)59-36-31(56-15(6)42)26(50)20(44)12(3)54-36/h11-13,16-37,39-40,43-51H,7-10H2,1-6H3,(H,38,41)/t11?,12?,13?,16-,17?,18-,19-,20-,21-,22+,23+,24?,25-,26-,27?,28?,29-,30?,31?,32?,33-,34+,35+,36-,37-/m0/s1. The molecule has 360 valence electrons. The first kappa shape index (κ1) is 51.1. The maximum atomic E-state index is 12.8. The van der Waals surface area contributed by atoms with Crippen molar-refractivity contribution in [3.63, 3.8) is 0 Å². The Labute approximate surface area is 356 Å². The number of carbonyl (C=O) groups excluding carboxylic acids is 2. The zero-order chi connectivity index (χ0) is 45.9. The van der Waals surface area contributed by atoms with Gasteiger partial charge in [0.05, 0.1) is 31.5 Å². The Morgan fingerprint density at radius 3 is 1.55 bits per heavy atom. The monoisotopic (exact) mass is 905 g/mol. The van der Waals surface area contributed by atoms with Gasteiger partial charge in [0.2, 0.25) is 5.91 Å². The van der Waals surface area contributed by atoms with E-state index in [1.165, 1.54) is 20.8 Å². The summed E-state index contributed by atoms with van der Waals surface area (Å²) in [6.45, 7) is 6.49. The molecule has 0 aromatic carbocycles. The number of carbonyl (C=O) groups is 2. The van der Waals surface area contributed by atoms with Gasteiger partial charge in [-0.25, -0.2) is 0 Å². The largest absolute Gasteiger partial charge is 0.454 e. The minimum Gasteiger partial charge on any atom is -0.454 e.